The fourth-order valence-corrected chi connectivity index (χ4v) is 4.46. The molecule has 8 nitrogen and oxygen atoms in total. The van der Waals surface area contributed by atoms with Crippen molar-refractivity contribution in [1.82, 2.24) is 24.7 Å². The molecule has 0 radical (unpaired) electrons. The van der Waals surface area contributed by atoms with Crippen LogP contribution in [-0.2, 0) is 0 Å². The number of aryl methyl sites for hydroxylation is 1. The van der Waals surface area contributed by atoms with Crippen LogP contribution in [0.5, 0.6) is 0 Å². The van der Waals surface area contributed by atoms with E-state index in [1.165, 1.54) is 11.2 Å². The lowest BCUT2D eigenvalue weighted by atomic mass is 10.1. The number of pyridine rings is 1. The Labute approximate surface area is 187 Å². The fourth-order valence-electron chi connectivity index (χ4n) is 3.63. The predicted octanol–water partition coefficient (Wildman–Crippen LogP) is 4.54. The highest BCUT2D eigenvalue weighted by atomic mass is 32.1. The van der Waals surface area contributed by atoms with Crippen molar-refractivity contribution >= 4 is 44.9 Å². The highest BCUT2D eigenvalue weighted by Crippen LogP contribution is 2.31. The highest BCUT2D eigenvalue weighted by Gasteiger charge is 2.19. The maximum Gasteiger partial charge on any atom is 0.258 e. The first-order valence-corrected chi connectivity index (χ1v) is 11.0. The summed E-state index contributed by atoms with van der Waals surface area (Å²) in [4.78, 5) is 39.1. The number of aromatic nitrogens is 5. The molecule has 5 rings (SSSR count). The molecule has 0 aliphatic carbocycles. The van der Waals surface area contributed by atoms with Crippen LogP contribution in [-0.4, -0.2) is 30.6 Å². The molecule has 0 saturated heterocycles. The van der Waals surface area contributed by atoms with Crippen molar-refractivity contribution in [3.63, 3.8) is 0 Å². The number of rotatable bonds is 4. The fraction of sp³-hybridized carbons (Fsp3) is 0.174. The van der Waals surface area contributed by atoms with Gasteiger partial charge in [0.05, 0.1) is 44.9 Å². The van der Waals surface area contributed by atoms with Gasteiger partial charge in [-0.2, -0.15) is 5.10 Å². The van der Waals surface area contributed by atoms with Crippen LogP contribution in [0.3, 0.4) is 0 Å². The number of nitrogens with zero attached hydrogens (tertiary/aromatic N) is 4. The average molecular weight is 445 g/mol. The lowest BCUT2D eigenvalue weighted by Crippen LogP contribution is -2.14. The van der Waals surface area contributed by atoms with Crippen molar-refractivity contribution in [2.45, 2.75) is 26.8 Å². The normalized spacial score (nSPS) is 11.5. The van der Waals surface area contributed by atoms with Gasteiger partial charge < -0.3 is 10.3 Å². The molecule has 1 amide bonds. The Hall–Kier alpha value is -3.85. The van der Waals surface area contributed by atoms with Crippen molar-refractivity contribution in [3.05, 3.63) is 69.7 Å². The quantitative estimate of drug-likeness (QED) is 0.423. The third-order valence-electron chi connectivity index (χ3n) is 5.19. The van der Waals surface area contributed by atoms with E-state index in [2.05, 4.69) is 20.4 Å². The Kier molecular flexibility index (Phi) is 4.82. The molecule has 0 aliphatic rings. The van der Waals surface area contributed by atoms with E-state index in [-0.39, 0.29) is 17.5 Å². The summed E-state index contributed by atoms with van der Waals surface area (Å²) >= 11 is 1.62. The molecule has 4 heterocycles. The van der Waals surface area contributed by atoms with Crippen molar-refractivity contribution in [1.29, 1.82) is 0 Å². The Morgan fingerprint density at radius 3 is 2.75 bits per heavy atom. The van der Waals surface area contributed by atoms with E-state index >= 15 is 0 Å². The molecule has 160 valence electrons. The minimum absolute atomic E-state index is 0.0935. The summed E-state index contributed by atoms with van der Waals surface area (Å²) < 4.78 is 1.82. The molecule has 0 saturated carbocycles. The molecule has 32 heavy (non-hydrogen) atoms. The first-order chi connectivity index (χ1) is 15.4. The lowest BCUT2D eigenvalue weighted by molar-refractivity contribution is 0.102. The molecule has 0 unspecified atom stereocenters. The summed E-state index contributed by atoms with van der Waals surface area (Å²) in [6.07, 6.45) is 3.03. The van der Waals surface area contributed by atoms with E-state index in [1.54, 1.807) is 41.8 Å². The topological polar surface area (TPSA) is 106 Å². The molecular formula is C23H20N6O2S. The molecule has 9 heteroatoms. The maximum absolute atomic E-state index is 13.3. The van der Waals surface area contributed by atoms with Crippen molar-refractivity contribution in [2.75, 3.05) is 5.32 Å². The number of hydrogen-bond acceptors (Lipinski definition) is 6. The SMILES string of the molecule is Cc1ccc(-c2cc(C(=O)Nc3ccc4nc[nH]c(=O)c4c3)c3cnn(C(C)C)c3n2)s1. The highest BCUT2D eigenvalue weighted by molar-refractivity contribution is 7.15. The first kappa shape index (κ1) is 20.1. The molecule has 5 aromatic rings. The summed E-state index contributed by atoms with van der Waals surface area (Å²) in [5, 5.41) is 8.46. The Bertz CT molecular complexity index is 1550. The van der Waals surface area contributed by atoms with Crippen LogP contribution in [0.2, 0.25) is 0 Å². The van der Waals surface area contributed by atoms with Gasteiger partial charge in [0, 0.05) is 16.6 Å². The van der Waals surface area contributed by atoms with Crippen LogP contribution >= 0.6 is 11.3 Å². The molecule has 0 spiro atoms. The molecule has 0 bridgehead atoms. The van der Waals surface area contributed by atoms with Crippen molar-refractivity contribution in [3.8, 4) is 10.6 Å². The molecule has 4 aromatic heterocycles. The van der Waals surface area contributed by atoms with Gasteiger partial charge in [-0.25, -0.2) is 14.6 Å². The van der Waals surface area contributed by atoms with Gasteiger partial charge >= 0.3 is 0 Å². The largest absolute Gasteiger partial charge is 0.322 e. The summed E-state index contributed by atoms with van der Waals surface area (Å²) in [5.74, 6) is -0.296. The van der Waals surface area contributed by atoms with Gasteiger partial charge in [-0.05, 0) is 57.2 Å². The zero-order valence-corrected chi connectivity index (χ0v) is 18.5. The number of benzene rings is 1. The zero-order valence-electron chi connectivity index (χ0n) is 17.7. The smallest absolute Gasteiger partial charge is 0.258 e. The number of carbonyl (C=O) groups is 1. The van der Waals surface area contributed by atoms with Crippen molar-refractivity contribution < 1.29 is 4.79 Å². The minimum Gasteiger partial charge on any atom is -0.322 e. The number of amides is 1. The van der Waals surface area contributed by atoms with Crippen molar-refractivity contribution in [2.24, 2.45) is 0 Å². The second kappa shape index (κ2) is 7.69. The van der Waals surface area contributed by atoms with E-state index in [9.17, 15) is 9.59 Å². The van der Waals surface area contributed by atoms with E-state index < -0.39 is 0 Å². The summed E-state index contributed by atoms with van der Waals surface area (Å²) in [6.45, 7) is 6.09. The molecule has 0 aliphatic heterocycles. The monoisotopic (exact) mass is 444 g/mol. The van der Waals surface area contributed by atoms with Gasteiger partial charge in [0.25, 0.3) is 11.5 Å². The summed E-state index contributed by atoms with van der Waals surface area (Å²) in [6, 6.07) is 11.0. The maximum atomic E-state index is 13.3. The first-order valence-electron chi connectivity index (χ1n) is 10.1. The third-order valence-corrected chi connectivity index (χ3v) is 6.21. The van der Waals surface area contributed by atoms with Crippen LogP contribution in [0.1, 0.15) is 35.1 Å². The van der Waals surface area contributed by atoms with Gasteiger partial charge in [0.2, 0.25) is 0 Å². The van der Waals surface area contributed by atoms with E-state index in [1.807, 2.05) is 37.6 Å². The molecule has 0 fully saturated rings. The number of thiophene rings is 1. The van der Waals surface area contributed by atoms with Gasteiger partial charge in [-0.3, -0.25) is 9.59 Å². The van der Waals surface area contributed by atoms with E-state index in [4.69, 9.17) is 4.98 Å². The molecule has 1 aromatic carbocycles. The standard InChI is InChI=1S/C23H20N6O2S/c1-12(2)29-21-17(10-26-29)15(9-19(28-21)20-7-4-13(3)32-20)23(31)27-14-5-6-18-16(8-14)22(30)25-11-24-18/h4-12H,1-3H3,(H,27,31)(H,24,25,30). The summed E-state index contributed by atoms with van der Waals surface area (Å²) in [7, 11) is 0. The van der Waals surface area contributed by atoms with E-state index in [0.717, 1.165) is 10.6 Å². The number of anilines is 1. The van der Waals surface area contributed by atoms with Gasteiger partial charge in [0.1, 0.15) is 0 Å². The minimum atomic E-state index is -0.296. The van der Waals surface area contributed by atoms with Gasteiger partial charge in [-0.1, -0.05) is 0 Å². The van der Waals surface area contributed by atoms with Crippen LogP contribution in [0.4, 0.5) is 5.69 Å². The Morgan fingerprint density at radius 2 is 2.00 bits per heavy atom. The van der Waals surface area contributed by atoms with Crippen LogP contribution < -0.4 is 10.9 Å². The van der Waals surface area contributed by atoms with E-state index in [0.29, 0.717) is 33.2 Å². The molecular weight excluding hydrogens is 424 g/mol. The van der Waals surface area contributed by atoms with Gasteiger partial charge in [0.15, 0.2) is 5.65 Å². The van der Waals surface area contributed by atoms with Crippen LogP contribution in [0.15, 0.2) is 53.7 Å². The number of fused-ring (bicyclic) bond motifs is 2. The number of aromatic amines is 1. The predicted molar refractivity (Wildman–Crippen MR) is 126 cm³/mol. The van der Waals surface area contributed by atoms with Crippen LogP contribution in [0.25, 0.3) is 32.5 Å². The second-order valence-corrected chi connectivity index (χ2v) is 9.09. The lowest BCUT2D eigenvalue weighted by Gasteiger charge is -2.11. The Morgan fingerprint density at radius 1 is 1.16 bits per heavy atom. The molecule has 2 N–H and O–H groups in total. The number of H-pyrrole nitrogens is 1. The van der Waals surface area contributed by atoms with Gasteiger partial charge in [-0.15, -0.1) is 11.3 Å². The third kappa shape index (κ3) is 3.46. The average Bonchev–Trinajstić information content (AvgIpc) is 3.40. The molecule has 0 atom stereocenters. The zero-order chi connectivity index (χ0) is 22.4. The number of hydrogen-bond donors (Lipinski definition) is 2. The number of carbonyl (C=O) groups excluding carboxylic acids is 1. The summed E-state index contributed by atoms with van der Waals surface area (Å²) in [5.41, 5.74) is 2.67. The Balaban J connectivity index is 1.61. The second-order valence-electron chi connectivity index (χ2n) is 7.80. The van der Waals surface area contributed by atoms with Crippen LogP contribution in [0, 0.1) is 6.92 Å². The number of nitrogens with one attached hydrogen (secondary N) is 2.